The van der Waals surface area contributed by atoms with Crippen molar-refractivity contribution >= 4 is 7.26 Å². The molecule has 0 amide bonds. The molecule has 2 heteroatoms. The monoisotopic (exact) mass is 534 g/mol. The van der Waals surface area contributed by atoms with Gasteiger partial charge in [-0.2, -0.15) is 0 Å². The van der Waals surface area contributed by atoms with Gasteiger partial charge < -0.3 is 17.0 Å². The first-order valence-corrected chi connectivity index (χ1v) is 17.6. The zero-order valence-electron chi connectivity index (χ0n) is 23.2. The predicted octanol–water partition coefficient (Wildman–Crippen LogP) is 8.67. The highest BCUT2D eigenvalue weighted by Crippen LogP contribution is 2.61. The summed E-state index contributed by atoms with van der Waals surface area (Å²) in [6, 6.07) is 0. The molecule has 0 aliphatic rings. The Bertz CT molecular complexity index is 299. The minimum atomic E-state index is -0.688. The summed E-state index contributed by atoms with van der Waals surface area (Å²) in [6.07, 6.45) is 39.1. The Morgan fingerprint density at radius 3 is 0.750 bits per heavy atom. The van der Waals surface area contributed by atoms with Crippen LogP contribution in [-0.4, -0.2) is 24.6 Å². The average molecular weight is 536 g/mol. The van der Waals surface area contributed by atoms with Crippen LogP contribution >= 0.6 is 7.26 Å². The van der Waals surface area contributed by atoms with Crippen LogP contribution in [0, 0.1) is 0 Å². The van der Waals surface area contributed by atoms with E-state index in [1.54, 1.807) is 37.5 Å². The third-order valence-electron chi connectivity index (χ3n) is 7.44. The molecule has 0 heterocycles. The van der Waals surface area contributed by atoms with Crippen molar-refractivity contribution in [1.82, 2.24) is 0 Å². The Labute approximate surface area is 217 Å². The predicted molar refractivity (Wildman–Crippen MR) is 151 cm³/mol. The van der Waals surface area contributed by atoms with Gasteiger partial charge in [0, 0.05) is 7.26 Å². The molecule has 0 saturated heterocycles. The molecular weight excluding hydrogens is 471 g/mol. The lowest BCUT2D eigenvalue weighted by molar-refractivity contribution is -0.00000712. The Morgan fingerprint density at radius 1 is 0.281 bits per heavy atom. The fraction of sp³-hybridized carbons (Fsp3) is 1.00. The molecule has 0 unspecified atom stereocenters. The molecular formula is C30H64BrP. The van der Waals surface area contributed by atoms with E-state index in [9.17, 15) is 0 Å². The molecule has 0 atom stereocenters. The van der Waals surface area contributed by atoms with E-state index in [0.717, 1.165) is 0 Å². The third kappa shape index (κ3) is 22.7. The van der Waals surface area contributed by atoms with Crippen molar-refractivity contribution in [2.24, 2.45) is 0 Å². The maximum absolute atomic E-state index is 2.38. The summed E-state index contributed by atoms with van der Waals surface area (Å²) in [7, 11) is -0.688. The van der Waals surface area contributed by atoms with Crippen LogP contribution in [0.4, 0.5) is 0 Å². The second-order valence-corrected chi connectivity index (χ2v) is 15.1. The lowest BCUT2D eigenvalue weighted by Gasteiger charge is -2.28. The Balaban J connectivity index is 0. The standard InChI is InChI=1S/C30H64P.BrH/c1-5-9-13-15-17-19-21-25-29-31(27-23-11-7-3,28-24-12-8-4)30-26-22-20-18-16-14-10-6-2;/h5-30H2,1-4H3;1H/q+1;/p-1. The summed E-state index contributed by atoms with van der Waals surface area (Å²) >= 11 is 0. The zero-order chi connectivity index (χ0) is 22.9. The summed E-state index contributed by atoms with van der Waals surface area (Å²) < 4.78 is 0. The largest absolute Gasteiger partial charge is 1.00 e. The maximum atomic E-state index is 2.38. The van der Waals surface area contributed by atoms with Crippen LogP contribution in [-0.2, 0) is 0 Å². The highest BCUT2D eigenvalue weighted by Gasteiger charge is 2.34. The number of rotatable bonds is 26. The topological polar surface area (TPSA) is 0 Å². The van der Waals surface area contributed by atoms with E-state index in [1.807, 2.05) is 0 Å². The molecule has 0 aromatic carbocycles. The number of unbranched alkanes of at least 4 members (excludes halogenated alkanes) is 18. The van der Waals surface area contributed by atoms with Crippen molar-refractivity contribution in [3.63, 3.8) is 0 Å². The normalized spacial score (nSPS) is 11.6. The average Bonchev–Trinajstić information content (AvgIpc) is 2.77. The van der Waals surface area contributed by atoms with E-state index in [0.29, 0.717) is 0 Å². The molecule has 0 rings (SSSR count). The lowest BCUT2D eigenvalue weighted by atomic mass is 10.1. The van der Waals surface area contributed by atoms with E-state index in [1.165, 1.54) is 128 Å². The molecule has 0 aromatic rings. The van der Waals surface area contributed by atoms with Crippen molar-refractivity contribution in [3.8, 4) is 0 Å². The first-order valence-electron chi connectivity index (χ1n) is 15.1. The van der Waals surface area contributed by atoms with Gasteiger partial charge in [-0.15, -0.1) is 0 Å². The van der Waals surface area contributed by atoms with Crippen LogP contribution in [0.2, 0.25) is 0 Å². The van der Waals surface area contributed by atoms with Crippen molar-refractivity contribution in [2.75, 3.05) is 24.6 Å². The van der Waals surface area contributed by atoms with Gasteiger partial charge in [0.2, 0.25) is 0 Å². The lowest BCUT2D eigenvalue weighted by Crippen LogP contribution is -3.00. The van der Waals surface area contributed by atoms with Crippen molar-refractivity contribution in [1.29, 1.82) is 0 Å². The van der Waals surface area contributed by atoms with Gasteiger partial charge in [0.25, 0.3) is 0 Å². The summed E-state index contributed by atoms with van der Waals surface area (Å²) in [6.45, 7) is 9.42. The van der Waals surface area contributed by atoms with Crippen LogP contribution in [0.3, 0.4) is 0 Å². The molecule has 0 saturated carbocycles. The van der Waals surface area contributed by atoms with Crippen LogP contribution in [0.5, 0.6) is 0 Å². The first-order chi connectivity index (χ1) is 15.2. The SMILES string of the molecule is CCCCCCCCCC[P+](CCCCC)(CCCCC)CCCCCCCCCC.[Br-]. The van der Waals surface area contributed by atoms with Gasteiger partial charge in [0.1, 0.15) is 0 Å². The number of halogens is 1. The van der Waals surface area contributed by atoms with Gasteiger partial charge >= 0.3 is 0 Å². The number of hydrogen-bond acceptors (Lipinski definition) is 0. The molecule has 0 fully saturated rings. The van der Waals surface area contributed by atoms with Crippen LogP contribution in [0.25, 0.3) is 0 Å². The fourth-order valence-electron chi connectivity index (χ4n) is 5.23. The van der Waals surface area contributed by atoms with Gasteiger partial charge in [0.05, 0.1) is 24.6 Å². The van der Waals surface area contributed by atoms with Crippen LogP contribution in [0.1, 0.15) is 169 Å². The van der Waals surface area contributed by atoms with E-state index >= 15 is 0 Å². The molecule has 0 aliphatic carbocycles. The molecule has 0 nitrogen and oxygen atoms in total. The molecule has 0 aliphatic heterocycles. The molecule has 32 heavy (non-hydrogen) atoms. The van der Waals surface area contributed by atoms with Gasteiger partial charge in [-0.25, -0.2) is 0 Å². The fourth-order valence-corrected chi connectivity index (χ4v) is 10.1. The molecule has 196 valence electrons. The van der Waals surface area contributed by atoms with Gasteiger partial charge in [-0.1, -0.05) is 130 Å². The highest BCUT2D eigenvalue weighted by atomic mass is 79.9. The quantitative estimate of drug-likeness (QED) is 0.0768. The Morgan fingerprint density at radius 2 is 0.469 bits per heavy atom. The van der Waals surface area contributed by atoms with E-state index in [4.69, 9.17) is 0 Å². The maximum Gasteiger partial charge on any atom is 0.0594 e. The van der Waals surface area contributed by atoms with Crippen molar-refractivity contribution < 1.29 is 17.0 Å². The van der Waals surface area contributed by atoms with Gasteiger partial charge in [-0.05, 0) is 38.5 Å². The second-order valence-electron chi connectivity index (χ2n) is 10.6. The summed E-state index contributed by atoms with van der Waals surface area (Å²) in [5.41, 5.74) is 0. The minimum Gasteiger partial charge on any atom is -1.00 e. The van der Waals surface area contributed by atoms with Crippen molar-refractivity contribution in [2.45, 2.75) is 169 Å². The van der Waals surface area contributed by atoms with Gasteiger partial charge in [0.15, 0.2) is 0 Å². The second kappa shape index (κ2) is 28.1. The highest BCUT2D eigenvalue weighted by molar-refractivity contribution is 7.75. The van der Waals surface area contributed by atoms with E-state index < -0.39 is 7.26 Å². The number of hydrogen-bond donors (Lipinski definition) is 0. The Hall–Kier alpha value is 0.910. The smallest absolute Gasteiger partial charge is 0.0594 e. The Kier molecular flexibility index (Phi) is 30.9. The van der Waals surface area contributed by atoms with Crippen molar-refractivity contribution in [3.05, 3.63) is 0 Å². The van der Waals surface area contributed by atoms with Crippen LogP contribution < -0.4 is 17.0 Å². The molecule has 0 N–H and O–H groups in total. The summed E-state index contributed by atoms with van der Waals surface area (Å²) in [5, 5.41) is 0. The van der Waals surface area contributed by atoms with Gasteiger partial charge in [-0.3, -0.25) is 0 Å². The zero-order valence-corrected chi connectivity index (χ0v) is 25.7. The molecule has 0 spiro atoms. The molecule has 0 radical (unpaired) electrons. The van der Waals surface area contributed by atoms with E-state index in [-0.39, 0.29) is 17.0 Å². The summed E-state index contributed by atoms with van der Waals surface area (Å²) in [4.78, 5) is 0. The third-order valence-corrected chi connectivity index (χ3v) is 12.5. The first kappa shape index (κ1) is 35.1. The summed E-state index contributed by atoms with van der Waals surface area (Å²) in [5.74, 6) is 0. The molecule has 0 aromatic heterocycles. The van der Waals surface area contributed by atoms with E-state index in [2.05, 4.69) is 27.7 Å². The molecule has 0 bridgehead atoms. The van der Waals surface area contributed by atoms with Crippen LogP contribution in [0.15, 0.2) is 0 Å². The minimum absolute atomic E-state index is 0.